The summed E-state index contributed by atoms with van der Waals surface area (Å²) in [6, 6.07) is 5.76. The zero-order valence-corrected chi connectivity index (χ0v) is 9.56. The van der Waals surface area contributed by atoms with Gasteiger partial charge in [-0.3, -0.25) is 0 Å². The molecular formula is C13H16F3N. The Hall–Kier alpha value is -1.03. The molecule has 1 saturated heterocycles. The predicted octanol–water partition coefficient (Wildman–Crippen LogP) is 3.00. The number of nitrogens with one attached hydrogen (secondary N) is 1. The van der Waals surface area contributed by atoms with Gasteiger partial charge in [-0.1, -0.05) is 18.2 Å². The average Bonchev–Trinajstić information content (AvgIpc) is 2.33. The molecule has 0 amide bonds. The number of hydrogen-bond acceptors (Lipinski definition) is 1. The molecule has 0 aliphatic carbocycles. The molecule has 1 atom stereocenters. The molecule has 2 rings (SSSR count). The van der Waals surface area contributed by atoms with Crippen molar-refractivity contribution in [1.82, 2.24) is 5.32 Å². The normalized spacial score (nSPS) is 21.5. The molecule has 1 fully saturated rings. The second-order valence-electron chi connectivity index (χ2n) is 4.57. The van der Waals surface area contributed by atoms with Crippen molar-refractivity contribution in [3.05, 3.63) is 35.6 Å². The lowest BCUT2D eigenvalue weighted by Gasteiger charge is -2.30. The first-order valence-corrected chi connectivity index (χ1v) is 5.91. The minimum atomic E-state index is -2.84. The van der Waals surface area contributed by atoms with Gasteiger partial charge in [0.1, 0.15) is 5.82 Å². The quantitative estimate of drug-likeness (QED) is 0.860. The van der Waals surface area contributed by atoms with Crippen LogP contribution in [-0.4, -0.2) is 19.0 Å². The number of halogens is 3. The van der Waals surface area contributed by atoms with Crippen LogP contribution in [0.25, 0.3) is 0 Å². The molecule has 0 saturated carbocycles. The van der Waals surface area contributed by atoms with Gasteiger partial charge in [0.15, 0.2) is 0 Å². The summed E-state index contributed by atoms with van der Waals surface area (Å²) in [4.78, 5) is 0. The van der Waals surface area contributed by atoms with Gasteiger partial charge in [0.05, 0.1) is 0 Å². The van der Waals surface area contributed by atoms with Crippen molar-refractivity contribution < 1.29 is 13.2 Å². The molecule has 94 valence electrons. The Balaban J connectivity index is 2.08. The maximum absolute atomic E-state index is 14.0. The van der Waals surface area contributed by atoms with E-state index in [4.69, 9.17) is 0 Å². The van der Waals surface area contributed by atoms with Crippen LogP contribution in [0.2, 0.25) is 0 Å². The molecule has 0 radical (unpaired) electrons. The van der Waals surface area contributed by atoms with Crippen LogP contribution >= 0.6 is 0 Å². The summed E-state index contributed by atoms with van der Waals surface area (Å²) in [5.74, 6) is -4.07. The van der Waals surface area contributed by atoms with Crippen molar-refractivity contribution in [1.29, 1.82) is 0 Å². The fraction of sp³-hybridized carbons (Fsp3) is 0.538. The first-order valence-electron chi connectivity index (χ1n) is 5.91. The van der Waals surface area contributed by atoms with Crippen molar-refractivity contribution in [2.45, 2.75) is 25.2 Å². The minimum Gasteiger partial charge on any atom is -0.316 e. The minimum absolute atomic E-state index is 0.100. The van der Waals surface area contributed by atoms with Crippen molar-refractivity contribution in [2.75, 3.05) is 13.1 Å². The first-order chi connectivity index (χ1) is 8.09. The average molecular weight is 243 g/mol. The van der Waals surface area contributed by atoms with Crippen LogP contribution in [0.3, 0.4) is 0 Å². The van der Waals surface area contributed by atoms with Crippen LogP contribution in [0, 0.1) is 11.7 Å². The van der Waals surface area contributed by atoms with E-state index in [2.05, 4.69) is 5.32 Å². The van der Waals surface area contributed by atoms with Gasteiger partial charge in [-0.2, -0.15) is 0 Å². The Morgan fingerprint density at radius 1 is 1.29 bits per heavy atom. The molecule has 1 aliphatic rings. The molecule has 0 spiro atoms. The van der Waals surface area contributed by atoms with Crippen LogP contribution in [0.4, 0.5) is 13.2 Å². The van der Waals surface area contributed by atoms with Gasteiger partial charge < -0.3 is 5.32 Å². The third-order valence-corrected chi connectivity index (χ3v) is 3.28. The molecule has 0 bridgehead atoms. The highest BCUT2D eigenvalue weighted by atomic mass is 19.3. The summed E-state index contributed by atoms with van der Waals surface area (Å²) in [5.41, 5.74) is 0.100. The SMILES string of the molecule is Fc1ccccc1CC(F)(F)C1CCCNC1. The van der Waals surface area contributed by atoms with E-state index in [1.165, 1.54) is 18.2 Å². The molecular weight excluding hydrogens is 227 g/mol. The van der Waals surface area contributed by atoms with Crippen LogP contribution in [0.5, 0.6) is 0 Å². The molecule has 1 aromatic carbocycles. The lowest BCUT2D eigenvalue weighted by molar-refractivity contribution is -0.0652. The van der Waals surface area contributed by atoms with E-state index in [0.717, 1.165) is 13.0 Å². The Morgan fingerprint density at radius 3 is 2.71 bits per heavy atom. The van der Waals surface area contributed by atoms with Gasteiger partial charge >= 0.3 is 0 Å². The molecule has 17 heavy (non-hydrogen) atoms. The Kier molecular flexibility index (Phi) is 3.72. The lowest BCUT2D eigenvalue weighted by Crippen LogP contribution is -2.42. The Bertz CT molecular complexity index is 373. The van der Waals surface area contributed by atoms with E-state index in [9.17, 15) is 13.2 Å². The largest absolute Gasteiger partial charge is 0.316 e. The topological polar surface area (TPSA) is 12.0 Å². The van der Waals surface area contributed by atoms with E-state index in [1.807, 2.05) is 0 Å². The smallest absolute Gasteiger partial charge is 0.256 e. The Labute approximate surface area is 99.0 Å². The van der Waals surface area contributed by atoms with Crippen molar-refractivity contribution in [3.63, 3.8) is 0 Å². The molecule has 1 heterocycles. The van der Waals surface area contributed by atoms with Crippen molar-refractivity contribution in [3.8, 4) is 0 Å². The first kappa shape index (κ1) is 12.4. The third kappa shape index (κ3) is 3.00. The van der Waals surface area contributed by atoms with E-state index < -0.39 is 24.1 Å². The van der Waals surface area contributed by atoms with Gasteiger partial charge in [-0.15, -0.1) is 0 Å². The highest BCUT2D eigenvalue weighted by Crippen LogP contribution is 2.33. The molecule has 1 nitrogen and oxygen atoms in total. The van der Waals surface area contributed by atoms with E-state index in [0.29, 0.717) is 13.0 Å². The molecule has 4 heteroatoms. The van der Waals surface area contributed by atoms with Crippen LogP contribution in [0.1, 0.15) is 18.4 Å². The number of rotatable bonds is 3. The van der Waals surface area contributed by atoms with E-state index in [-0.39, 0.29) is 5.56 Å². The number of alkyl halides is 2. The van der Waals surface area contributed by atoms with Crippen LogP contribution < -0.4 is 5.32 Å². The van der Waals surface area contributed by atoms with E-state index in [1.54, 1.807) is 6.07 Å². The van der Waals surface area contributed by atoms with Gasteiger partial charge in [0.25, 0.3) is 5.92 Å². The maximum Gasteiger partial charge on any atom is 0.256 e. The van der Waals surface area contributed by atoms with Gasteiger partial charge in [-0.25, -0.2) is 13.2 Å². The zero-order valence-electron chi connectivity index (χ0n) is 9.56. The van der Waals surface area contributed by atoms with Crippen molar-refractivity contribution >= 4 is 0 Å². The summed E-state index contributed by atoms with van der Waals surface area (Å²) < 4.78 is 41.3. The number of piperidine rings is 1. The summed E-state index contributed by atoms with van der Waals surface area (Å²) in [6.45, 7) is 1.12. The highest BCUT2D eigenvalue weighted by molar-refractivity contribution is 5.19. The van der Waals surface area contributed by atoms with Gasteiger partial charge in [-0.05, 0) is 31.0 Å². The van der Waals surface area contributed by atoms with Gasteiger partial charge in [0.2, 0.25) is 0 Å². The summed E-state index contributed by atoms with van der Waals surface area (Å²) >= 11 is 0. The summed E-state index contributed by atoms with van der Waals surface area (Å²) in [5, 5.41) is 2.97. The fourth-order valence-electron chi connectivity index (χ4n) is 2.25. The van der Waals surface area contributed by atoms with Gasteiger partial charge in [0, 0.05) is 18.9 Å². The molecule has 1 N–H and O–H groups in total. The highest BCUT2D eigenvalue weighted by Gasteiger charge is 2.40. The monoisotopic (exact) mass is 243 g/mol. The standard InChI is InChI=1S/C13H16F3N/c14-12-6-2-1-4-10(12)8-13(15,16)11-5-3-7-17-9-11/h1-2,4,6,11,17H,3,5,7-9H2. The zero-order chi connectivity index (χ0) is 12.3. The third-order valence-electron chi connectivity index (χ3n) is 3.28. The van der Waals surface area contributed by atoms with E-state index >= 15 is 0 Å². The molecule has 1 aliphatic heterocycles. The number of benzene rings is 1. The maximum atomic E-state index is 14.0. The van der Waals surface area contributed by atoms with Crippen LogP contribution in [0.15, 0.2) is 24.3 Å². The molecule has 0 aromatic heterocycles. The number of hydrogen-bond donors (Lipinski definition) is 1. The second-order valence-corrected chi connectivity index (χ2v) is 4.57. The lowest BCUT2D eigenvalue weighted by atomic mass is 9.89. The van der Waals surface area contributed by atoms with Crippen molar-refractivity contribution in [2.24, 2.45) is 5.92 Å². The second kappa shape index (κ2) is 5.08. The molecule has 1 unspecified atom stereocenters. The molecule has 1 aromatic rings. The predicted molar refractivity (Wildman–Crippen MR) is 60.6 cm³/mol. The van der Waals surface area contributed by atoms with Crippen LogP contribution in [-0.2, 0) is 6.42 Å². The fourth-order valence-corrected chi connectivity index (χ4v) is 2.25. The Morgan fingerprint density at radius 2 is 2.06 bits per heavy atom. The summed E-state index contributed by atoms with van der Waals surface area (Å²) in [6.07, 6.45) is 0.762. The summed E-state index contributed by atoms with van der Waals surface area (Å²) in [7, 11) is 0.